The maximum Gasteiger partial charge on any atom is 0.223 e. The maximum absolute atomic E-state index is 12.1. The highest BCUT2D eigenvalue weighted by atomic mass is 79.9. The molecule has 0 heterocycles. The second-order valence-corrected chi connectivity index (χ2v) is 5.90. The molecule has 3 nitrogen and oxygen atoms in total. The van der Waals surface area contributed by atoms with Gasteiger partial charge in [-0.05, 0) is 43.5 Å². The minimum absolute atomic E-state index is 0. The van der Waals surface area contributed by atoms with Crippen LogP contribution in [0, 0.1) is 5.92 Å². The third kappa shape index (κ3) is 8.44. The van der Waals surface area contributed by atoms with Crippen molar-refractivity contribution in [2.24, 2.45) is 5.92 Å². The molecule has 2 N–H and O–H groups in total. The molecule has 1 atom stereocenters. The minimum atomic E-state index is 0. The number of carbonyl (C=O) groups excluding carboxylic acids is 1. The molecule has 0 saturated heterocycles. The van der Waals surface area contributed by atoms with Crippen molar-refractivity contribution in [1.29, 1.82) is 0 Å². The van der Waals surface area contributed by atoms with E-state index in [4.69, 9.17) is 0 Å². The molecular formula is C16H26BrClN2O. The van der Waals surface area contributed by atoms with Gasteiger partial charge < -0.3 is 10.6 Å². The number of nitrogens with one attached hydrogen (secondary N) is 2. The molecule has 1 unspecified atom stereocenters. The number of carbonyl (C=O) groups is 1. The molecule has 5 heteroatoms. The fourth-order valence-electron chi connectivity index (χ4n) is 2.09. The molecule has 0 aliphatic rings. The van der Waals surface area contributed by atoms with Gasteiger partial charge in [-0.2, -0.15) is 0 Å². The monoisotopic (exact) mass is 376 g/mol. The van der Waals surface area contributed by atoms with Crippen LogP contribution in [-0.4, -0.2) is 25.5 Å². The van der Waals surface area contributed by atoms with Gasteiger partial charge in [0.25, 0.3) is 0 Å². The molecule has 0 radical (unpaired) electrons. The molecule has 0 bridgehead atoms. The van der Waals surface area contributed by atoms with E-state index < -0.39 is 0 Å². The van der Waals surface area contributed by atoms with Gasteiger partial charge in [-0.15, -0.1) is 12.4 Å². The third-order valence-corrected chi connectivity index (χ3v) is 3.76. The van der Waals surface area contributed by atoms with Gasteiger partial charge in [-0.1, -0.05) is 41.9 Å². The minimum Gasteiger partial charge on any atom is -0.355 e. The lowest BCUT2D eigenvalue weighted by atomic mass is 9.96. The SMILES string of the molecule is CCCNCCNC(=O)C(CC)Cc1cccc(Br)c1.Cl. The largest absolute Gasteiger partial charge is 0.355 e. The Bertz CT molecular complexity index is 415. The Morgan fingerprint density at radius 3 is 2.62 bits per heavy atom. The summed E-state index contributed by atoms with van der Waals surface area (Å²) in [5, 5.41) is 6.30. The zero-order valence-electron chi connectivity index (χ0n) is 12.8. The molecule has 0 saturated carbocycles. The summed E-state index contributed by atoms with van der Waals surface area (Å²) in [4.78, 5) is 12.1. The lowest BCUT2D eigenvalue weighted by Crippen LogP contribution is -2.36. The van der Waals surface area contributed by atoms with Crippen LogP contribution in [0.2, 0.25) is 0 Å². The van der Waals surface area contributed by atoms with Crippen LogP contribution in [0.5, 0.6) is 0 Å². The van der Waals surface area contributed by atoms with Gasteiger partial charge in [-0.25, -0.2) is 0 Å². The topological polar surface area (TPSA) is 41.1 Å². The summed E-state index contributed by atoms with van der Waals surface area (Å²) in [7, 11) is 0. The molecule has 0 aliphatic heterocycles. The van der Waals surface area contributed by atoms with E-state index in [0.717, 1.165) is 36.8 Å². The summed E-state index contributed by atoms with van der Waals surface area (Å²) in [6.45, 7) is 6.75. The molecular weight excluding hydrogens is 352 g/mol. The van der Waals surface area contributed by atoms with Crippen LogP contribution in [0.3, 0.4) is 0 Å². The van der Waals surface area contributed by atoms with Gasteiger partial charge in [0, 0.05) is 23.5 Å². The molecule has 0 aromatic heterocycles. The van der Waals surface area contributed by atoms with Gasteiger partial charge in [0.15, 0.2) is 0 Å². The lowest BCUT2D eigenvalue weighted by Gasteiger charge is -2.15. The van der Waals surface area contributed by atoms with Crippen LogP contribution in [0.15, 0.2) is 28.7 Å². The zero-order chi connectivity index (χ0) is 14.8. The normalized spacial score (nSPS) is 11.6. The Morgan fingerprint density at radius 1 is 1.24 bits per heavy atom. The van der Waals surface area contributed by atoms with Crippen molar-refractivity contribution in [3.63, 3.8) is 0 Å². The average molecular weight is 378 g/mol. The summed E-state index contributed by atoms with van der Waals surface area (Å²) in [6.07, 6.45) is 2.78. The highest BCUT2D eigenvalue weighted by molar-refractivity contribution is 9.10. The fourth-order valence-corrected chi connectivity index (χ4v) is 2.54. The number of amides is 1. The highest BCUT2D eigenvalue weighted by Gasteiger charge is 2.16. The standard InChI is InChI=1S/C16H25BrN2O.ClH/c1-3-8-18-9-10-19-16(20)14(4-2)11-13-6-5-7-15(17)12-13;/h5-7,12,14,18H,3-4,8-11H2,1-2H3,(H,19,20);1H. The van der Waals surface area contributed by atoms with Crippen LogP contribution < -0.4 is 10.6 Å². The Labute approximate surface area is 142 Å². The lowest BCUT2D eigenvalue weighted by molar-refractivity contribution is -0.125. The molecule has 1 aromatic carbocycles. The number of hydrogen-bond acceptors (Lipinski definition) is 2. The van der Waals surface area contributed by atoms with Crippen LogP contribution >= 0.6 is 28.3 Å². The second-order valence-electron chi connectivity index (χ2n) is 4.98. The van der Waals surface area contributed by atoms with E-state index in [1.54, 1.807) is 0 Å². The number of halogens is 2. The predicted molar refractivity (Wildman–Crippen MR) is 95.0 cm³/mol. The predicted octanol–water partition coefficient (Wildman–Crippen LogP) is 3.56. The highest BCUT2D eigenvalue weighted by Crippen LogP contribution is 2.17. The molecule has 1 amide bonds. The van der Waals surface area contributed by atoms with Crippen LogP contribution in [0.4, 0.5) is 0 Å². The quantitative estimate of drug-likeness (QED) is 0.646. The van der Waals surface area contributed by atoms with Gasteiger partial charge >= 0.3 is 0 Å². The van der Waals surface area contributed by atoms with Crippen molar-refractivity contribution in [2.45, 2.75) is 33.1 Å². The molecule has 0 aliphatic carbocycles. The first kappa shape index (κ1) is 20.4. The average Bonchev–Trinajstić information content (AvgIpc) is 2.44. The first-order chi connectivity index (χ1) is 9.67. The third-order valence-electron chi connectivity index (χ3n) is 3.26. The van der Waals surface area contributed by atoms with E-state index in [2.05, 4.69) is 52.5 Å². The maximum atomic E-state index is 12.1. The number of hydrogen-bond donors (Lipinski definition) is 2. The van der Waals surface area contributed by atoms with Crippen LogP contribution in [0.25, 0.3) is 0 Å². The fraction of sp³-hybridized carbons (Fsp3) is 0.562. The van der Waals surface area contributed by atoms with Gasteiger partial charge in [0.1, 0.15) is 0 Å². The second kappa shape index (κ2) is 12.0. The number of benzene rings is 1. The Hall–Kier alpha value is -0.580. The van der Waals surface area contributed by atoms with Gasteiger partial charge in [0.05, 0.1) is 0 Å². The van der Waals surface area contributed by atoms with Gasteiger partial charge in [-0.3, -0.25) is 4.79 Å². The van der Waals surface area contributed by atoms with Crippen molar-refractivity contribution in [1.82, 2.24) is 10.6 Å². The smallest absolute Gasteiger partial charge is 0.223 e. The Kier molecular flexibility index (Phi) is 11.7. The van der Waals surface area contributed by atoms with Crippen molar-refractivity contribution in [3.05, 3.63) is 34.3 Å². The van der Waals surface area contributed by atoms with E-state index in [1.165, 1.54) is 5.56 Å². The zero-order valence-corrected chi connectivity index (χ0v) is 15.2. The molecule has 120 valence electrons. The van der Waals surface area contributed by atoms with E-state index in [0.29, 0.717) is 6.54 Å². The van der Waals surface area contributed by atoms with Crippen molar-refractivity contribution < 1.29 is 4.79 Å². The van der Waals surface area contributed by atoms with Crippen molar-refractivity contribution in [3.8, 4) is 0 Å². The molecule has 21 heavy (non-hydrogen) atoms. The summed E-state index contributed by atoms with van der Waals surface area (Å²) < 4.78 is 1.06. The first-order valence-electron chi connectivity index (χ1n) is 7.40. The molecule has 0 spiro atoms. The molecule has 1 aromatic rings. The van der Waals surface area contributed by atoms with Crippen molar-refractivity contribution in [2.75, 3.05) is 19.6 Å². The van der Waals surface area contributed by atoms with Gasteiger partial charge in [0.2, 0.25) is 5.91 Å². The Balaban J connectivity index is 0.00000400. The Morgan fingerprint density at radius 2 is 2.00 bits per heavy atom. The number of rotatable bonds is 9. The summed E-state index contributed by atoms with van der Waals surface area (Å²) >= 11 is 3.47. The van der Waals surface area contributed by atoms with E-state index in [-0.39, 0.29) is 24.2 Å². The first-order valence-corrected chi connectivity index (χ1v) is 8.19. The van der Waals surface area contributed by atoms with Crippen LogP contribution in [-0.2, 0) is 11.2 Å². The molecule has 1 rings (SSSR count). The summed E-state index contributed by atoms with van der Waals surface area (Å²) in [5.41, 5.74) is 1.20. The van der Waals surface area contributed by atoms with Crippen LogP contribution in [0.1, 0.15) is 32.3 Å². The summed E-state index contributed by atoms with van der Waals surface area (Å²) in [5.74, 6) is 0.209. The molecule has 0 fully saturated rings. The van der Waals surface area contributed by atoms with E-state index in [1.807, 2.05) is 12.1 Å². The van der Waals surface area contributed by atoms with Crippen molar-refractivity contribution >= 4 is 34.2 Å². The summed E-state index contributed by atoms with van der Waals surface area (Å²) in [6, 6.07) is 8.17. The van der Waals surface area contributed by atoms with E-state index >= 15 is 0 Å². The van der Waals surface area contributed by atoms with E-state index in [9.17, 15) is 4.79 Å².